The number of rotatable bonds is 1. The molecule has 120 valence electrons. The van der Waals surface area contributed by atoms with Gasteiger partial charge in [-0.15, -0.1) is 11.3 Å². The highest BCUT2D eigenvalue weighted by Gasteiger charge is 2.80. The molecule has 2 amide bonds. The van der Waals surface area contributed by atoms with Crippen LogP contribution in [0.1, 0.15) is 31.2 Å². The summed E-state index contributed by atoms with van der Waals surface area (Å²) in [5.41, 5.74) is -0.813. The largest absolute Gasteiger partial charge is 0.320 e. The van der Waals surface area contributed by atoms with E-state index >= 15 is 0 Å². The smallest absolute Gasteiger partial charge is 0.261 e. The molecule has 4 heterocycles. The van der Waals surface area contributed by atoms with E-state index in [9.17, 15) is 14.9 Å². The molecule has 23 heavy (non-hydrogen) atoms. The second kappa shape index (κ2) is 4.21. The Balaban J connectivity index is 2.00. The first kappa shape index (κ1) is 15.2. The van der Waals surface area contributed by atoms with Crippen molar-refractivity contribution in [3.05, 3.63) is 22.4 Å². The Morgan fingerprint density at radius 1 is 1.43 bits per heavy atom. The summed E-state index contributed by atoms with van der Waals surface area (Å²) >= 11 is 7.23. The Hall–Kier alpha value is -1.30. The zero-order valence-corrected chi connectivity index (χ0v) is 15.3. The molecule has 8 heteroatoms. The van der Waals surface area contributed by atoms with Gasteiger partial charge in [0.2, 0.25) is 0 Å². The number of nitriles is 1. The number of amides is 2. The summed E-state index contributed by atoms with van der Waals surface area (Å²) < 4.78 is 0. The predicted octanol–water partition coefficient (Wildman–Crippen LogP) is 1.53. The van der Waals surface area contributed by atoms with Crippen molar-refractivity contribution in [2.45, 2.75) is 36.1 Å². The summed E-state index contributed by atoms with van der Waals surface area (Å²) in [6.45, 7) is 3.61. The quantitative estimate of drug-likeness (QED) is 0.757. The van der Waals surface area contributed by atoms with Crippen molar-refractivity contribution in [1.29, 1.82) is 5.26 Å². The van der Waals surface area contributed by atoms with Crippen molar-refractivity contribution >= 4 is 43.8 Å². The van der Waals surface area contributed by atoms with Crippen molar-refractivity contribution in [2.24, 2.45) is 5.41 Å². The zero-order chi connectivity index (χ0) is 16.8. The Kier molecular flexibility index (Phi) is 2.79. The molecule has 4 rings (SSSR count). The van der Waals surface area contributed by atoms with Crippen LogP contribution in [0.4, 0.5) is 0 Å². The summed E-state index contributed by atoms with van der Waals surface area (Å²) in [7, 11) is 0.779. The van der Waals surface area contributed by atoms with Gasteiger partial charge in [0.05, 0.1) is 17.5 Å². The second-order valence-corrected chi connectivity index (χ2v) is 10.7. The average Bonchev–Trinajstić information content (AvgIpc) is 3.20. The maximum atomic E-state index is 13.2. The molecule has 0 radical (unpaired) electrons. The lowest BCUT2D eigenvalue weighted by Gasteiger charge is -2.39. The van der Waals surface area contributed by atoms with Crippen molar-refractivity contribution in [2.75, 3.05) is 7.05 Å². The van der Waals surface area contributed by atoms with Gasteiger partial charge in [-0.25, -0.2) is 0 Å². The maximum Gasteiger partial charge on any atom is 0.261 e. The van der Waals surface area contributed by atoms with E-state index in [-0.39, 0.29) is 11.8 Å². The number of hydrogen-bond acceptors (Lipinski definition) is 5. The molecule has 0 saturated carbocycles. The average molecular weight is 366 g/mol. The minimum Gasteiger partial charge on any atom is -0.320 e. The van der Waals surface area contributed by atoms with Crippen LogP contribution in [-0.2, 0) is 30.2 Å². The van der Waals surface area contributed by atoms with E-state index in [4.69, 9.17) is 11.2 Å². The molecule has 3 fully saturated rings. The molecule has 3 aliphatic heterocycles. The molecule has 0 aliphatic carbocycles. The summed E-state index contributed by atoms with van der Waals surface area (Å²) in [6, 6.07) is 5.81. The Morgan fingerprint density at radius 2 is 2.13 bits per heavy atom. The molecule has 0 N–H and O–H groups in total. The molecule has 5 nitrogen and oxygen atoms in total. The van der Waals surface area contributed by atoms with Crippen LogP contribution in [0.15, 0.2) is 17.5 Å². The van der Waals surface area contributed by atoms with Crippen molar-refractivity contribution < 1.29 is 9.59 Å². The third kappa shape index (κ3) is 1.37. The molecule has 1 spiro atoms. The number of nitrogens with zero attached hydrogens (tertiary/aromatic N) is 3. The van der Waals surface area contributed by atoms with Gasteiger partial charge in [-0.05, 0) is 36.5 Å². The number of likely N-dealkylation sites (N-methyl/N-ethyl adjacent to an activating group) is 1. The van der Waals surface area contributed by atoms with Gasteiger partial charge in [-0.2, -0.15) is 5.26 Å². The van der Waals surface area contributed by atoms with Crippen LogP contribution in [-0.4, -0.2) is 38.4 Å². The molecule has 1 aromatic rings. The SMILES string of the molecule is CN1C(=O)[C@]23C[C@@](C)(C#N)[C@@H](c4cccs4)N2C(=O)[C@@]1(C)S3=S. The fraction of sp³-hybridized carbons (Fsp3) is 0.533. The first-order valence-corrected chi connectivity index (χ1v) is 10.3. The number of carbonyl (C=O) groups excluding carboxylic acids is 2. The van der Waals surface area contributed by atoms with E-state index in [2.05, 4.69) is 6.07 Å². The number of carbonyl (C=O) groups is 2. The van der Waals surface area contributed by atoms with E-state index in [1.165, 1.54) is 16.2 Å². The molecule has 1 aromatic heterocycles. The molecule has 3 aliphatic rings. The highest BCUT2D eigenvalue weighted by molar-refractivity contribution is 8.31. The third-order valence-electron chi connectivity index (χ3n) is 5.49. The summed E-state index contributed by atoms with van der Waals surface area (Å²) in [6.07, 6.45) is 0.316. The molecule has 0 aromatic carbocycles. The standard InChI is InChI=1S/C15H15N3O2S3/c1-13(8-16)7-15-12(20)17(3)14(2,23(15)21)11(19)18(15)10(13)9-5-4-6-22-9/h4-6,10H,7H2,1-3H3/t10-,13+,14-,15-,23?/m1/s1. The van der Waals surface area contributed by atoms with Crippen LogP contribution < -0.4 is 0 Å². The fourth-order valence-corrected chi connectivity index (χ4v) is 8.70. The lowest BCUT2D eigenvalue weighted by molar-refractivity contribution is -0.159. The number of fused-ring (bicyclic) bond motifs is 1. The van der Waals surface area contributed by atoms with Crippen LogP contribution in [0.25, 0.3) is 0 Å². The van der Waals surface area contributed by atoms with Gasteiger partial charge in [0.1, 0.15) is 0 Å². The van der Waals surface area contributed by atoms with Crippen molar-refractivity contribution in [3.8, 4) is 6.07 Å². The van der Waals surface area contributed by atoms with Gasteiger partial charge < -0.3 is 9.80 Å². The minimum atomic E-state index is -1.03. The lowest BCUT2D eigenvalue weighted by atomic mass is 9.82. The molecule has 3 saturated heterocycles. The first-order chi connectivity index (χ1) is 10.7. The van der Waals surface area contributed by atoms with Crippen LogP contribution in [0.2, 0.25) is 0 Å². The Morgan fingerprint density at radius 3 is 2.70 bits per heavy atom. The Bertz CT molecular complexity index is 816. The van der Waals surface area contributed by atoms with Gasteiger partial charge in [0.25, 0.3) is 11.8 Å². The van der Waals surface area contributed by atoms with Crippen LogP contribution in [0, 0.1) is 16.7 Å². The Labute approximate surface area is 145 Å². The molecule has 5 atom stereocenters. The summed E-state index contributed by atoms with van der Waals surface area (Å²) in [5.74, 6) is -0.228. The summed E-state index contributed by atoms with van der Waals surface area (Å²) in [5, 5.41) is 11.8. The van der Waals surface area contributed by atoms with E-state index in [0.29, 0.717) is 6.42 Å². The number of thiophene rings is 1. The molecule has 2 bridgehead atoms. The van der Waals surface area contributed by atoms with Gasteiger partial charge in [-0.3, -0.25) is 9.59 Å². The zero-order valence-electron chi connectivity index (χ0n) is 12.9. The normalized spacial score (nSPS) is 44.8. The van der Waals surface area contributed by atoms with Crippen molar-refractivity contribution in [1.82, 2.24) is 9.80 Å². The van der Waals surface area contributed by atoms with E-state index in [0.717, 1.165) is 4.88 Å². The maximum absolute atomic E-state index is 13.2. The van der Waals surface area contributed by atoms with Crippen molar-refractivity contribution in [3.63, 3.8) is 0 Å². The van der Waals surface area contributed by atoms with E-state index < -0.39 is 30.7 Å². The number of hydrogen-bond donors (Lipinski definition) is 0. The van der Waals surface area contributed by atoms with Crippen LogP contribution >= 0.6 is 11.3 Å². The topological polar surface area (TPSA) is 64.4 Å². The van der Waals surface area contributed by atoms with E-state index in [1.54, 1.807) is 18.9 Å². The monoisotopic (exact) mass is 365 g/mol. The minimum absolute atomic E-state index is 0.113. The second-order valence-electron chi connectivity index (χ2n) is 6.70. The summed E-state index contributed by atoms with van der Waals surface area (Å²) in [4.78, 5) is 28.4. The van der Waals surface area contributed by atoms with Crippen LogP contribution in [0.5, 0.6) is 0 Å². The van der Waals surface area contributed by atoms with Gasteiger partial charge in [-0.1, -0.05) is 15.5 Å². The first-order valence-electron chi connectivity index (χ1n) is 7.24. The van der Waals surface area contributed by atoms with Gasteiger partial charge in [0, 0.05) is 18.3 Å². The predicted molar refractivity (Wildman–Crippen MR) is 90.9 cm³/mol. The highest BCUT2D eigenvalue weighted by Crippen LogP contribution is 2.65. The van der Waals surface area contributed by atoms with E-state index in [1.807, 2.05) is 24.4 Å². The molecule has 1 unspecified atom stereocenters. The molecular weight excluding hydrogens is 350 g/mol. The van der Waals surface area contributed by atoms with Gasteiger partial charge >= 0.3 is 0 Å². The van der Waals surface area contributed by atoms with Crippen LogP contribution in [0.3, 0.4) is 0 Å². The molecular formula is C15H15N3O2S3. The lowest BCUT2D eigenvalue weighted by Crippen LogP contribution is -2.60. The highest BCUT2D eigenvalue weighted by atomic mass is 32.8. The van der Waals surface area contributed by atoms with Gasteiger partial charge in [0.15, 0.2) is 9.74 Å². The third-order valence-corrected chi connectivity index (χ3v) is 10.5. The fourth-order valence-electron chi connectivity index (χ4n) is 4.21. The number of piperazine rings is 1.